The van der Waals surface area contributed by atoms with Gasteiger partial charge < -0.3 is 4.90 Å². The van der Waals surface area contributed by atoms with Gasteiger partial charge in [0.05, 0.1) is 0 Å². The van der Waals surface area contributed by atoms with Crippen LogP contribution in [0.3, 0.4) is 0 Å². The molecule has 1 aromatic rings. The van der Waals surface area contributed by atoms with Crippen LogP contribution in [-0.4, -0.2) is 33.1 Å². The van der Waals surface area contributed by atoms with E-state index in [-0.39, 0.29) is 6.03 Å². The van der Waals surface area contributed by atoms with Crippen molar-refractivity contribution >= 4 is 6.03 Å². The zero-order valence-corrected chi connectivity index (χ0v) is 8.67. The van der Waals surface area contributed by atoms with Crippen molar-refractivity contribution in [3.8, 4) is 0 Å². The number of imidazole rings is 1. The lowest BCUT2D eigenvalue weighted by molar-refractivity contribution is 0.194. The van der Waals surface area contributed by atoms with Crippen LogP contribution in [0.4, 0.5) is 4.79 Å². The van der Waals surface area contributed by atoms with E-state index in [9.17, 15) is 4.79 Å². The smallest absolute Gasteiger partial charge is 0.321 e. The molecule has 0 radical (unpaired) electrons. The van der Waals surface area contributed by atoms with E-state index >= 15 is 0 Å². The summed E-state index contributed by atoms with van der Waals surface area (Å²) in [5, 5.41) is 0. The number of nitrogens with zero attached hydrogens (tertiary/aromatic N) is 3. The molecule has 0 saturated heterocycles. The van der Waals surface area contributed by atoms with Gasteiger partial charge in [0, 0.05) is 25.0 Å². The Hall–Kier alpha value is -1.32. The molecule has 4 nitrogen and oxygen atoms in total. The van der Waals surface area contributed by atoms with Crippen molar-refractivity contribution in [2.24, 2.45) is 5.92 Å². The minimum Gasteiger partial charge on any atom is -0.321 e. The lowest BCUT2D eigenvalue weighted by Gasteiger charge is -2.22. The van der Waals surface area contributed by atoms with Gasteiger partial charge in [0.15, 0.2) is 0 Å². The third-order valence-electron chi connectivity index (χ3n) is 3.11. The zero-order chi connectivity index (χ0) is 10.3. The number of hydrogen-bond acceptors (Lipinski definition) is 2. The molecule has 0 bridgehead atoms. The highest BCUT2D eigenvalue weighted by molar-refractivity contribution is 5.77. The summed E-state index contributed by atoms with van der Waals surface area (Å²) < 4.78 is 1.58. The summed E-state index contributed by atoms with van der Waals surface area (Å²) in [5.74, 6) is 0.762. The molecule has 1 amide bonds. The second-order valence-electron chi connectivity index (χ2n) is 4.58. The molecule has 0 aromatic carbocycles. The van der Waals surface area contributed by atoms with E-state index in [1.165, 1.54) is 25.7 Å². The molecule has 3 rings (SSSR count). The van der Waals surface area contributed by atoms with Gasteiger partial charge >= 0.3 is 6.03 Å². The normalized spacial score (nSPS) is 20.3. The molecule has 0 aliphatic heterocycles. The van der Waals surface area contributed by atoms with Gasteiger partial charge in [0.25, 0.3) is 0 Å². The Bertz CT molecular complexity index is 352. The van der Waals surface area contributed by atoms with Crippen LogP contribution in [0.5, 0.6) is 0 Å². The molecule has 1 heterocycles. The van der Waals surface area contributed by atoms with Gasteiger partial charge in [-0.1, -0.05) is 0 Å². The summed E-state index contributed by atoms with van der Waals surface area (Å²) in [6, 6.07) is 0.599. The van der Waals surface area contributed by atoms with Crippen LogP contribution in [0.2, 0.25) is 0 Å². The van der Waals surface area contributed by atoms with E-state index in [0.29, 0.717) is 6.04 Å². The Kier molecular flexibility index (Phi) is 2.01. The summed E-state index contributed by atoms with van der Waals surface area (Å²) in [6.07, 6.45) is 9.90. The van der Waals surface area contributed by atoms with Gasteiger partial charge in [-0.15, -0.1) is 0 Å². The molecule has 2 aliphatic carbocycles. The standard InChI is InChI=1S/C11H15N3O/c15-11(13-6-5-12-8-13)14(10-3-4-10)7-9-1-2-9/h5-6,8-10H,1-4,7H2. The van der Waals surface area contributed by atoms with Gasteiger partial charge in [-0.2, -0.15) is 0 Å². The highest BCUT2D eigenvalue weighted by Gasteiger charge is 2.36. The van der Waals surface area contributed by atoms with Crippen LogP contribution in [-0.2, 0) is 0 Å². The van der Waals surface area contributed by atoms with Crippen LogP contribution in [0, 0.1) is 5.92 Å². The first kappa shape index (κ1) is 8.95. The molecular weight excluding hydrogens is 190 g/mol. The Morgan fingerprint density at radius 3 is 2.73 bits per heavy atom. The molecule has 0 N–H and O–H groups in total. The van der Waals surface area contributed by atoms with E-state index in [1.807, 2.05) is 4.90 Å². The van der Waals surface area contributed by atoms with Crippen molar-refractivity contribution in [2.75, 3.05) is 6.54 Å². The maximum Gasteiger partial charge on any atom is 0.329 e. The van der Waals surface area contributed by atoms with Crippen LogP contribution in [0.25, 0.3) is 0 Å². The maximum atomic E-state index is 12.1. The summed E-state index contributed by atoms with van der Waals surface area (Å²) in [5.41, 5.74) is 0. The molecular formula is C11H15N3O. The summed E-state index contributed by atoms with van der Waals surface area (Å²) in [6.45, 7) is 0.946. The lowest BCUT2D eigenvalue weighted by atomic mass is 10.3. The molecule has 2 saturated carbocycles. The quantitative estimate of drug-likeness (QED) is 0.753. The number of carbonyl (C=O) groups is 1. The Balaban J connectivity index is 1.72. The second kappa shape index (κ2) is 3.36. The van der Waals surface area contributed by atoms with E-state index < -0.39 is 0 Å². The van der Waals surface area contributed by atoms with Crippen LogP contribution < -0.4 is 0 Å². The monoisotopic (exact) mass is 205 g/mol. The largest absolute Gasteiger partial charge is 0.329 e. The molecule has 80 valence electrons. The Morgan fingerprint density at radius 1 is 1.40 bits per heavy atom. The Labute approximate surface area is 88.9 Å². The van der Waals surface area contributed by atoms with Crippen molar-refractivity contribution in [3.05, 3.63) is 18.7 Å². The first-order chi connectivity index (χ1) is 7.34. The van der Waals surface area contributed by atoms with Gasteiger partial charge in [-0.25, -0.2) is 9.78 Å². The molecule has 2 aliphatic rings. The number of aromatic nitrogens is 2. The number of hydrogen-bond donors (Lipinski definition) is 0. The topological polar surface area (TPSA) is 38.1 Å². The summed E-state index contributed by atoms with van der Waals surface area (Å²) in [7, 11) is 0. The van der Waals surface area contributed by atoms with Gasteiger partial charge in [-0.05, 0) is 31.6 Å². The lowest BCUT2D eigenvalue weighted by Crippen LogP contribution is -2.37. The summed E-state index contributed by atoms with van der Waals surface area (Å²) >= 11 is 0. The molecule has 0 unspecified atom stereocenters. The molecule has 15 heavy (non-hydrogen) atoms. The molecule has 2 fully saturated rings. The number of rotatable bonds is 3. The SMILES string of the molecule is O=C(N(CC1CC1)C1CC1)n1ccnc1. The maximum absolute atomic E-state index is 12.1. The Morgan fingerprint density at radius 2 is 2.20 bits per heavy atom. The van der Waals surface area contributed by atoms with E-state index in [2.05, 4.69) is 4.98 Å². The average molecular weight is 205 g/mol. The van der Waals surface area contributed by atoms with E-state index in [1.54, 1.807) is 23.3 Å². The van der Waals surface area contributed by atoms with E-state index in [4.69, 9.17) is 0 Å². The van der Waals surface area contributed by atoms with Gasteiger partial charge in [-0.3, -0.25) is 4.57 Å². The third-order valence-corrected chi connectivity index (χ3v) is 3.11. The fourth-order valence-corrected chi connectivity index (χ4v) is 1.87. The highest BCUT2D eigenvalue weighted by atomic mass is 16.2. The molecule has 0 spiro atoms. The van der Waals surface area contributed by atoms with E-state index in [0.717, 1.165) is 12.5 Å². The van der Waals surface area contributed by atoms with Crippen molar-refractivity contribution in [1.29, 1.82) is 0 Å². The van der Waals surface area contributed by atoms with Crippen molar-refractivity contribution in [1.82, 2.24) is 14.5 Å². The first-order valence-corrected chi connectivity index (χ1v) is 5.63. The van der Waals surface area contributed by atoms with Gasteiger partial charge in [0.2, 0.25) is 0 Å². The molecule has 0 atom stereocenters. The van der Waals surface area contributed by atoms with Crippen molar-refractivity contribution < 1.29 is 4.79 Å². The predicted molar refractivity (Wildman–Crippen MR) is 55.5 cm³/mol. The average Bonchev–Trinajstić information content (AvgIpc) is 3.14. The minimum absolute atomic E-state index is 0.0990. The highest BCUT2D eigenvalue weighted by Crippen LogP contribution is 2.35. The molecule has 1 aromatic heterocycles. The van der Waals surface area contributed by atoms with Crippen molar-refractivity contribution in [2.45, 2.75) is 31.7 Å². The number of carbonyl (C=O) groups excluding carboxylic acids is 1. The number of amides is 1. The fraction of sp³-hybridized carbons (Fsp3) is 0.636. The van der Waals surface area contributed by atoms with Crippen molar-refractivity contribution in [3.63, 3.8) is 0 Å². The van der Waals surface area contributed by atoms with Crippen LogP contribution >= 0.6 is 0 Å². The minimum atomic E-state index is 0.0990. The zero-order valence-electron chi connectivity index (χ0n) is 8.67. The summed E-state index contributed by atoms with van der Waals surface area (Å²) in [4.78, 5) is 18.0. The predicted octanol–water partition coefficient (Wildman–Crippen LogP) is 1.73. The third kappa shape index (κ3) is 1.89. The van der Waals surface area contributed by atoms with Crippen LogP contribution in [0.1, 0.15) is 25.7 Å². The van der Waals surface area contributed by atoms with Gasteiger partial charge in [0.1, 0.15) is 6.33 Å². The first-order valence-electron chi connectivity index (χ1n) is 5.63. The van der Waals surface area contributed by atoms with Crippen LogP contribution in [0.15, 0.2) is 18.7 Å². The fourth-order valence-electron chi connectivity index (χ4n) is 1.87. The second-order valence-corrected chi connectivity index (χ2v) is 4.58. The molecule has 4 heteroatoms.